The number of aliphatic hydroxyl groups is 1. The van der Waals surface area contributed by atoms with Gasteiger partial charge in [0.05, 0.1) is 5.54 Å². The van der Waals surface area contributed by atoms with Crippen molar-refractivity contribution >= 4 is 17.5 Å². The van der Waals surface area contributed by atoms with Gasteiger partial charge in [-0.15, -0.1) is 0 Å². The number of aromatic nitrogens is 1. The molecule has 0 radical (unpaired) electrons. The minimum absolute atomic E-state index is 0.141. The van der Waals surface area contributed by atoms with Crippen LogP contribution in [-0.4, -0.2) is 58.2 Å². The number of anilines is 1. The van der Waals surface area contributed by atoms with E-state index < -0.39 is 12.0 Å². The van der Waals surface area contributed by atoms with Crippen molar-refractivity contribution in [3.8, 4) is 0 Å². The number of pyridine rings is 1. The fourth-order valence-corrected chi connectivity index (χ4v) is 6.14. The number of aliphatic carboxylic acids is 1. The smallest absolute Gasteiger partial charge is 0.320 e. The van der Waals surface area contributed by atoms with Gasteiger partial charge in [0, 0.05) is 37.0 Å². The number of hydrogen-bond acceptors (Lipinski definition) is 6. The largest absolute Gasteiger partial charge is 0.480 e. The van der Waals surface area contributed by atoms with Crippen molar-refractivity contribution in [2.45, 2.75) is 77.3 Å². The molecule has 2 aliphatic heterocycles. The zero-order valence-corrected chi connectivity index (χ0v) is 20.8. The second kappa shape index (κ2) is 10.6. The van der Waals surface area contributed by atoms with E-state index in [1.165, 1.54) is 23.3 Å². The van der Waals surface area contributed by atoms with E-state index in [1.807, 2.05) is 0 Å². The monoisotopic (exact) mass is 468 g/mol. The molecule has 34 heavy (non-hydrogen) atoms. The van der Waals surface area contributed by atoms with E-state index in [4.69, 9.17) is 9.98 Å². The van der Waals surface area contributed by atoms with Gasteiger partial charge in [0.15, 0.2) is 0 Å². The molecule has 3 heterocycles. The predicted molar refractivity (Wildman–Crippen MR) is 135 cm³/mol. The summed E-state index contributed by atoms with van der Waals surface area (Å²) in [6, 6.07) is 3.70. The highest BCUT2D eigenvalue weighted by molar-refractivity contribution is 5.94. The highest BCUT2D eigenvalue weighted by Gasteiger charge is 2.48. The van der Waals surface area contributed by atoms with Crippen LogP contribution in [0.1, 0.15) is 64.1 Å². The number of rotatable bonds is 10. The summed E-state index contributed by atoms with van der Waals surface area (Å²) >= 11 is 0. The second-order valence-electron chi connectivity index (χ2n) is 10.6. The SMILES string of the molecule is CC1=CC(C)=NC(C)(C2CC(CCc3ccc4c(n3)NCCC4)C2)C1CN[C@@H](CCO)C(=O)O. The molecule has 4 N–H and O–H groups in total. The number of carboxylic acid groups (broad SMARTS) is 1. The van der Waals surface area contributed by atoms with E-state index in [-0.39, 0.29) is 24.5 Å². The van der Waals surface area contributed by atoms with Gasteiger partial charge in [-0.1, -0.05) is 11.6 Å². The van der Waals surface area contributed by atoms with Crippen LogP contribution in [0.3, 0.4) is 0 Å². The average Bonchev–Trinajstić information content (AvgIpc) is 2.76. The number of nitrogens with zero attached hydrogens (tertiary/aromatic N) is 2. The Morgan fingerprint density at radius 3 is 2.85 bits per heavy atom. The van der Waals surface area contributed by atoms with Gasteiger partial charge in [0.1, 0.15) is 11.9 Å². The number of carboxylic acids is 1. The number of aryl methyl sites for hydroxylation is 2. The van der Waals surface area contributed by atoms with Crippen molar-refractivity contribution in [2.75, 3.05) is 25.0 Å². The summed E-state index contributed by atoms with van der Waals surface area (Å²) < 4.78 is 0. The Hall–Kier alpha value is -2.25. The Morgan fingerprint density at radius 1 is 1.32 bits per heavy atom. The van der Waals surface area contributed by atoms with Crippen molar-refractivity contribution in [1.82, 2.24) is 10.3 Å². The molecule has 0 saturated heterocycles. The summed E-state index contributed by atoms with van der Waals surface area (Å²) in [5.41, 5.74) is 4.59. The van der Waals surface area contributed by atoms with E-state index in [0.29, 0.717) is 18.4 Å². The molecule has 1 aromatic rings. The van der Waals surface area contributed by atoms with Gasteiger partial charge in [-0.3, -0.25) is 9.79 Å². The first-order valence-corrected chi connectivity index (χ1v) is 12.8. The fraction of sp³-hybridized carbons (Fsp3) is 0.667. The molecule has 1 aliphatic carbocycles. The molecule has 0 bridgehead atoms. The van der Waals surface area contributed by atoms with Crippen LogP contribution >= 0.6 is 0 Å². The number of hydrogen-bond donors (Lipinski definition) is 4. The third-order valence-electron chi connectivity index (χ3n) is 8.22. The van der Waals surface area contributed by atoms with E-state index >= 15 is 0 Å². The quantitative estimate of drug-likeness (QED) is 0.418. The summed E-state index contributed by atoms with van der Waals surface area (Å²) in [5, 5.41) is 25.3. The normalized spacial score (nSPS) is 29.2. The first-order valence-electron chi connectivity index (χ1n) is 12.8. The molecule has 3 aliphatic rings. The molecule has 186 valence electrons. The van der Waals surface area contributed by atoms with E-state index in [2.05, 4.69) is 49.6 Å². The Labute approximate surface area is 203 Å². The van der Waals surface area contributed by atoms with Gasteiger partial charge >= 0.3 is 5.97 Å². The lowest BCUT2D eigenvalue weighted by atomic mass is 9.59. The molecule has 2 unspecified atom stereocenters. The van der Waals surface area contributed by atoms with Gasteiger partial charge in [-0.25, -0.2) is 4.98 Å². The molecule has 0 aromatic carbocycles. The van der Waals surface area contributed by atoms with Crippen molar-refractivity contribution in [3.63, 3.8) is 0 Å². The summed E-state index contributed by atoms with van der Waals surface area (Å²) in [6.07, 6.45) is 9.10. The lowest BCUT2D eigenvalue weighted by Crippen LogP contribution is -2.53. The van der Waals surface area contributed by atoms with Crippen LogP contribution in [0, 0.1) is 17.8 Å². The Bertz CT molecular complexity index is 953. The van der Waals surface area contributed by atoms with E-state index in [9.17, 15) is 15.0 Å². The van der Waals surface area contributed by atoms with Crippen LogP contribution in [0.15, 0.2) is 28.8 Å². The van der Waals surface area contributed by atoms with Crippen molar-refractivity contribution in [3.05, 3.63) is 35.0 Å². The molecule has 0 spiro atoms. The highest BCUT2D eigenvalue weighted by Crippen LogP contribution is 2.50. The molecule has 1 fully saturated rings. The van der Waals surface area contributed by atoms with Crippen molar-refractivity contribution in [1.29, 1.82) is 0 Å². The topological polar surface area (TPSA) is 107 Å². The first-order chi connectivity index (χ1) is 16.3. The van der Waals surface area contributed by atoms with Crippen molar-refractivity contribution < 1.29 is 15.0 Å². The van der Waals surface area contributed by atoms with Gasteiger partial charge in [-0.2, -0.15) is 0 Å². The standard InChI is InChI=1S/C27H40N4O3/c1-17-13-18(2)31-27(3,23(17)16-29-24(10-12-32)26(33)34)21-14-19(15-21)6-8-22-9-7-20-5-4-11-28-25(20)30-22/h7,9,13,19,21,23-24,29,32H,4-6,8,10-12,14-16H2,1-3H3,(H,28,30)(H,33,34)/t19?,21?,23?,24-,27?/m0/s1. The zero-order chi connectivity index (χ0) is 24.3. The average molecular weight is 469 g/mol. The van der Waals surface area contributed by atoms with Crippen LogP contribution in [0.5, 0.6) is 0 Å². The maximum absolute atomic E-state index is 11.5. The van der Waals surface area contributed by atoms with E-state index in [0.717, 1.165) is 50.2 Å². The fourth-order valence-electron chi connectivity index (χ4n) is 6.14. The Balaban J connectivity index is 1.35. The number of carbonyl (C=O) groups is 1. The highest BCUT2D eigenvalue weighted by atomic mass is 16.4. The molecule has 0 amide bonds. The zero-order valence-electron chi connectivity index (χ0n) is 20.8. The van der Waals surface area contributed by atoms with Crippen LogP contribution in [0.25, 0.3) is 0 Å². The van der Waals surface area contributed by atoms with Crippen molar-refractivity contribution in [2.24, 2.45) is 22.7 Å². The van der Waals surface area contributed by atoms with Crippen LogP contribution < -0.4 is 10.6 Å². The van der Waals surface area contributed by atoms with Crippen LogP contribution in [0.4, 0.5) is 5.82 Å². The molecule has 7 nitrogen and oxygen atoms in total. The minimum Gasteiger partial charge on any atom is -0.480 e. The summed E-state index contributed by atoms with van der Waals surface area (Å²) in [7, 11) is 0. The van der Waals surface area contributed by atoms with Gasteiger partial charge in [0.2, 0.25) is 0 Å². The Kier molecular flexibility index (Phi) is 7.73. The summed E-state index contributed by atoms with van der Waals surface area (Å²) in [5.74, 6) is 1.48. The Morgan fingerprint density at radius 2 is 2.12 bits per heavy atom. The van der Waals surface area contributed by atoms with E-state index in [1.54, 1.807) is 0 Å². The molecular weight excluding hydrogens is 428 g/mol. The molecule has 3 atom stereocenters. The third-order valence-corrected chi connectivity index (χ3v) is 8.22. The number of aliphatic hydroxyl groups excluding tert-OH is 1. The first kappa shape index (κ1) is 24.9. The third kappa shape index (κ3) is 5.36. The summed E-state index contributed by atoms with van der Waals surface area (Å²) in [6.45, 7) is 7.87. The lowest BCUT2D eigenvalue weighted by molar-refractivity contribution is -0.140. The molecule has 1 saturated carbocycles. The maximum Gasteiger partial charge on any atom is 0.320 e. The van der Waals surface area contributed by atoms with Gasteiger partial charge in [-0.05, 0) is 95.3 Å². The molecule has 1 aromatic heterocycles. The number of fused-ring (bicyclic) bond motifs is 1. The predicted octanol–water partition coefficient (Wildman–Crippen LogP) is 3.62. The minimum atomic E-state index is -0.914. The van der Waals surface area contributed by atoms with Crippen LogP contribution in [-0.2, 0) is 17.6 Å². The maximum atomic E-state index is 11.5. The van der Waals surface area contributed by atoms with Gasteiger partial charge < -0.3 is 20.8 Å². The summed E-state index contributed by atoms with van der Waals surface area (Å²) in [4.78, 5) is 21.5. The number of aliphatic imine (C=N–C) groups is 1. The number of dihydropyridines is 1. The molecule has 4 rings (SSSR count). The number of nitrogens with one attached hydrogen (secondary N) is 2. The number of allylic oxidation sites excluding steroid dienone is 1. The molecule has 7 heteroatoms. The lowest BCUT2D eigenvalue weighted by Gasteiger charge is -2.51. The van der Waals surface area contributed by atoms with Crippen LogP contribution in [0.2, 0.25) is 0 Å². The van der Waals surface area contributed by atoms with Gasteiger partial charge in [0.25, 0.3) is 0 Å². The second-order valence-corrected chi connectivity index (χ2v) is 10.6. The molecular formula is C27H40N4O3.